The van der Waals surface area contributed by atoms with Gasteiger partial charge in [0.05, 0.1) is 12.7 Å². The number of amides is 1. The normalized spacial score (nSPS) is 11.8. The molecule has 2 aromatic carbocycles. The van der Waals surface area contributed by atoms with Gasteiger partial charge in [-0.25, -0.2) is 9.48 Å². The Balaban J connectivity index is 1.49. The zero-order valence-electron chi connectivity index (χ0n) is 17.2. The number of aromatic nitrogens is 3. The number of nitrogens with zero attached hydrogens (tertiary/aromatic N) is 3. The SMILES string of the molecule is CC(=O)c1ccc(NC(=O)[C@H](C)OC(=O)/C=C/c2cn(Cc3ccccc3)nn2)cc1. The number of nitrogens with one attached hydrogen (secondary N) is 1. The highest BCUT2D eigenvalue weighted by Gasteiger charge is 2.17. The number of Topliss-reactive ketones (excluding diaryl/α,β-unsaturated/α-hetero) is 1. The van der Waals surface area contributed by atoms with E-state index >= 15 is 0 Å². The van der Waals surface area contributed by atoms with E-state index in [1.165, 1.54) is 26.0 Å². The molecule has 3 aromatic rings. The van der Waals surface area contributed by atoms with E-state index in [2.05, 4.69) is 15.6 Å². The summed E-state index contributed by atoms with van der Waals surface area (Å²) < 4.78 is 6.78. The van der Waals surface area contributed by atoms with Gasteiger partial charge in [-0.3, -0.25) is 9.59 Å². The van der Waals surface area contributed by atoms with Gasteiger partial charge in [0.1, 0.15) is 5.69 Å². The molecular formula is C23H22N4O4. The van der Waals surface area contributed by atoms with Gasteiger partial charge < -0.3 is 10.1 Å². The molecule has 0 saturated heterocycles. The second-order valence-electron chi connectivity index (χ2n) is 6.86. The fourth-order valence-corrected chi connectivity index (χ4v) is 2.69. The van der Waals surface area contributed by atoms with E-state index in [9.17, 15) is 14.4 Å². The highest BCUT2D eigenvalue weighted by molar-refractivity contribution is 5.98. The van der Waals surface area contributed by atoms with Crippen molar-refractivity contribution in [1.82, 2.24) is 15.0 Å². The van der Waals surface area contributed by atoms with Gasteiger partial charge in [-0.15, -0.1) is 5.10 Å². The summed E-state index contributed by atoms with van der Waals surface area (Å²) in [7, 11) is 0. The molecule has 0 bridgehead atoms. The van der Waals surface area contributed by atoms with Crippen LogP contribution in [0.3, 0.4) is 0 Å². The standard InChI is InChI=1S/C23H22N4O4/c1-16(28)19-8-10-20(11-9-19)24-23(30)17(2)31-22(29)13-12-21-15-27(26-25-21)14-18-6-4-3-5-7-18/h3-13,15,17H,14H2,1-2H3,(H,24,30)/b13-12+/t17-/m0/s1. The van der Waals surface area contributed by atoms with Gasteiger partial charge in [-0.05, 0) is 49.8 Å². The Kier molecular flexibility index (Phi) is 7.05. The lowest BCUT2D eigenvalue weighted by Crippen LogP contribution is -2.29. The average Bonchev–Trinajstić information content (AvgIpc) is 3.20. The molecule has 1 heterocycles. The first-order valence-electron chi connectivity index (χ1n) is 9.65. The fraction of sp³-hybridized carbons (Fsp3) is 0.174. The molecule has 0 spiro atoms. The molecule has 0 aliphatic carbocycles. The minimum Gasteiger partial charge on any atom is -0.449 e. The highest BCUT2D eigenvalue weighted by Crippen LogP contribution is 2.11. The summed E-state index contributed by atoms with van der Waals surface area (Å²) in [5.41, 5.74) is 2.63. The van der Waals surface area contributed by atoms with Crippen LogP contribution in [0.1, 0.15) is 35.5 Å². The molecule has 3 rings (SSSR count). The summed E-state index contributed by atoms with van der Waals surface area (Å²) in [6.45, 7) is 3.50. The van der Waals surface area contributed by atoms with Gasteiger partial charge in [-0.1, -0.05) is 35.5 Å². The smallest absolute Gasteiger partial charge is 0.331 e. The highest BCUT2D eigenvalue weighted by atomic mass is 16.5. The van der Waals surface area contributed by atoms with Crippen LogP contribution < -0.4 is 5.32 Å². The van der Waals surface area contributed by atoms with Crippen molar-refractivity contribution in [3.8, 4) is 0 Å². The monoisotopic (exact) mass is 418 g/mol. The van der Waals surface area contributed by atoms with Crippen LogP contribution in [0.25, 0.3) is 6.08 Å². The molecule has 0 fully saturated rings. The predicted octanol–water partition coefficient (Wildman–Crippen LogP) is 3.11. The lowest BCUT2D eigenvalue weighted by Gasteiger charge is -2.12. The third-order valence-electron chi connectivity index (χ3n) is 4.36. The number of rotatable bonds is 8. The van der Waals surface area contributed by atoms with Crippen LogP contribution in [0.5, 0.6) is 0 Å². The fourth-order valence-electron chi connectivity index (χ4n) is 2.69. The molecule has 0 radical (unpaired) electrons. The topological polar surface area (TPSA) is 103 Å². The summed E-state index contributed by atoms with van der Waals surface area (Å²) in [6.07, 6.45) is 3.38. The minimum atomic E-state index is -1.00. The van der Waals surface area contributed by atoms with E-state index < -0.39 is 18.0 Å². The average molecular weight is 418 g/mol. The molecule has 1 aromatic heterocycles. The number of ether oxygens (including phenoxy) is 1. The van der Waals surface area contributed by atoms with Gasteiger partial charge in [-0.2, -0.15) is 0 Å². The number of carbonyl (C=O) groups is 3. The van der Waals surface area contributed by atoms with Crippen molar-refractivity contribution in [1.29, 1.82) is 0 Å². The van der Waals surface area contributed by atoms with Crippen molar-refractivity contribution in [2.75, 3.05) is 5.32 Å². The number of benzene rings is 2. The van der Waals surface area contributed by atoms with E-state index in [1.807, 2.05) is 30.3 Å². The van der Waals surface area contributed by atoms with E-state index in [0.717, 1.165) is 5.56 Å². The second kappa shape index (κ2) is 10.1. The van der Waals surface area contributed by atoms with Crippen LogP contribution in [0, 0.1) is 0 Å². The summed E-state index contributed by atoms with van der Waals surface area (Å²) in [5.74, 6) is -1.22. The predicted molar refractivity (Wildman–Crippen MR) is 115 cm³/mol. The Morgan fingerprint density at radius 2 is 1.81 bits per heavy atom. The van der Waals surface area contributed by atoms with Crippen LogP contribution >= 0.6 is 0 Å². The third-order valence-corrected chi connectivity index (χ3v) is 4.36. The van der Waals surface area contributed by atoms with Crippen LogP contribution in [-0.2, 0) is 20.9 Å². The first-order valence-corrected chi connectivity index (χ1v) is 9.65. The van der Waals surface area contributed by atoms with Gasteiger partial charge in [0.25, 0.3) is 5.91 Å². The number of ketones is 1. The van der Waals surface area contributed by atoms with Crippen molar-refractivity contribution < 1.29 is 19.1 Å². The lowest BCUT2D eigenvalue weighted by molar-refractivity contribution is -0.148. The second-order valence-corrected chi connectivity index (χ2v) is 6.86. The Labute approximate surface area is 179 Å². The minimum absolute atomic E-state index is 0.0629. The van der Waals surface area contributed by atoms with Crippen LogP contribution in [0.4, 0.5) is 5.69 Å². The summed E-state index contributed by atoms with van der Waals surface area (Å²) in [6, 6.07) is 16.3. The number of carbonyl (C=O) groups excluding carboxylic acids is 3. The number of hydrogen-bond acceptors (Lipinski definition) is 6. The van der Waals surface area contributed by atoms with Gasteiger partial charge in [0, 0.05) is 17.3 Å². The molecule has 1 atom stereocenters. The van der Waals surface area contributed by atoms with Crippen molar-refractivity contribution >= 4 is 29.4 Å². The summed E-state index contributed by atoms with van der Waals surface area (Å²) in [5, 5.41) is 10.6. The van der Waals surface area contributed by atoms with E-state index in [-0.39, 0.29) is 5.78 Å². The lowest BCUT2D eigenvalue weighted by atomic mass is 10.1. The number of hydrogen-bond donors (Lipinski definition) is 1. The van der Waals surface area contributed by atoms with Crippen molar-refractivity contribution in [2.45, 2.75) is 26.5 Å². The molecule has 8 heteroatoms. The van der Waals surface area contributed by atoms with Gasteiger partial charge in [0.2, 0.25) is 0 Å². The van der Waals surface area contributed by atoms with Crippen LogP contribution in [0.15, 0.2) is 66.9 Å². The van der Waals surface area contributed by atoms with Crippen molar-refractivity contribution in [2.24, 2.45) is 0 Å². The van der Waals surface area contributed by atoms with E-state index in [1.54, 1.807) is 35.1 Å². The number of esters is 1. The Hall–Kier alpha value is -4.07. The van der Waals surface area contributed by atoms with Crippen molar-refractivity contribution in [3.05, 3.63) is 83.7 Å². The molecule has 0 aliphatic heterocycles. The Morgan fingerprint density at radius 1 is 1.10 bits per heavy atom. The van der Waals surface area contributed by atoms with Gasteiger partial charge in [0.15, 0.2) is 11.9 Å². The zero-order valence-corrected chi connectivity index (χ0v) is 17.2. The maximum absolute atomic E-state index is 12.2. The van der Waals surface area contributed by atoms with Crippen LogP contribution in [0.2, 0.25) is 0 Å². The van der Waals surface area contributed by atoms with E-state index in [4.69, 9.17) is 4.74 Å². The summed E-state index contributed by atoms with van der Waals surface area (Å²) >= 11 is 0. The maximum atomic E-state index is 12.2. The molecule has 0 saturated carbocycles. The van der Waals surface area contributed by atoms with Crippen molar-refractivity contribution in [3.63, 3.8) is 0 Å². The molecule has 0 unspecified atom stereocenters. The molecule has 158 valence electrons. The molecule has 31 heavy (non-hydrogen) atoms. The van der Waals surface area contributed by atoms with Gasteiger partial charge >= 0.3 is 5.97 Å². The van der Waals surface area contributed by atoms with Crippen LogP contribution in [-0.4, -0.2) is 38.8 Å². The first-order chi connectivity index (χ1) is 14.9. The zero-order chi connectivity index (χ0) is 22.2. The number of anilines is 1. The summed E-state index contributed by atoms with van der Waals surface area (Å²) in [4.78, 5) is 35.5. The largest absolute Gasteiger partial charge is 0.449 e. The molecule has 8 nitrogen and oxygen atoms in total. The quantitative estimate of drug-likeness (QED) is 0.343. The maximum Gasteiger partial charge on any atom is 0.331 e. The third kappa shape index (κ3) is 6.46. The molecule has 1 N–H and O–H groups in total. The molecule has 1 amide bonds. The molecule has 0 aliphatic rings. The Bertz CT molecular complexity index is 1090. The first kappa shape index (κ1) is 21.6. The van der Waals surface area contributed by atoms with E-state index in [0.29, 0.717) is 23.5 Å². The molecular weight excluding hydrogens is 396 g/mol. The Morgan fingerprint density at radius 3 is 2.48 bits per heavy atom.